The highest BCUT2D eigenvalue weighted by molar-refractivity contribution is 4.89. The molecule has 19 heavy (non-hydrogen) atoms. The van der Waals surface area contributed by atoms with E-state index in [1.54, 1.807) is 0 Å². The topological polar surface area (TPSA) is 15.3 Å². The van der Waals surface area contributed by atoms with Gasteiger partial charge in [-0.25, -0.2) is 0 Å². The van der Waals surface area contributed by atoms with E-state index in [1.807, 2.05) is 0 Å². The summed E-state index contributed by atoms with van der Waals surface area (Å²) < 4.78 is 0. The third-order valence-electron chi connectivity index (χ3n) is 5.88. The summed E-state index contributed by atoms with van der Waals surface area (Å²) in [5.74, 6) is 1.99. The fraction of sp³-hybridized carbons (Fsp3) is 1.00. The van der Waals surface area contributed by atoms with Gasteiger partial charge in [0.1, 0.15) is 0 Å². The van der Waals surface area contributed by atoms with Gasteiger partial charge >= 0.3 is 0 Å². The highest BCUT2D eigenvalue weighted by atomic mass is 15.2. The fourth-order valence-corrected chi connectivity index (χ4v) is 4.87. The summed E-state index contributed by atoms with van der Waals surface area (Å²) >= 11 is 0. The highest BCUT2D eigenvalue weighted by Crippen LogP contribution is 2.36. The first-order valence-corrected chi connectivity index (χ1v) is 8.80. The van der Waals surface area contributed by atoms with Gasteiger partial charge in [-0.15, -0.1) is 0 Å². The van der Waals surface area contributed by atoms with Crippen molar-refractivity contribution in [3.8, 4) is 0 Å². The summed E-state index contributed by atoms with van der Waals surface area (Å²) in [5, 5.41) is 3.84. The second-order valence-electron chi connectivity index (χ2n) is 7.36. The predicted molar refractivity (Wildman–Crippen MR) is 81.4 cm³/mol. The average Bonchev–Trinajstić information content (AvgIpc) is 2.88. The molecule has 2 saturated carbocycles. The van der Waals surface area contributed by atoms with E-state index in [-0.39, 0.29) is 0 Å². The summed E-state index contributed by atoms with van der Waals surface area (Å²) in [6.07, 6.45) is 13.1. The third kappa shape index (κ3) is 3.52. The molecular formula is C17H32N2. The first-order chi connectivity index (χ1) is 9.33. The minimum Gasteiger partial charge on any atom is -0.313 e. The Morgan fingerprint density at radius 2 is 1.84 bits per heavy atom. The van der Waals surface area contributed by atoms with E-state index in [1.165, 1.54) is 77.4 Å². The molecule has 0 spiro atoms. The Bertz CT molecular complexity index is 278. The molecule has 3 fully saturated rings. The molecule has 1 heterocycles. The predicted octanol–water partition coefficient (Wildman–Crippen LogP) is 3.42. The standard InChI is InChI=1S/C17H32N2/c1-14-5-2-8-16(13-14)18-10-12-19-11-4-7-15-6-3-9-17(15)19/h14-18H,2-13H2,1H3. The van der Waals surface area contributed by atoms with Gasteiger partial charge in [0.25, 0.3) is 0 Å². The van der Waals surface area contributed by atoms with Crippen molar-refractivity contribution in [2.24, 2.45) is 11.8 Å². The van der Waals surface area contributed by atoms with Gasteiger partial charge in [0.2, 0.25) is 0 Å². The Balaban J connectivity index is 1.39. The lowest BCUT2D eigenvalue weighted by Crippen LogP contribution is -2.46. The van der Waals surface area contributed by atoms with E-state index in [9.17, 15) is 0 Å². The molecule has 4 unspecified atom stereocenters. The quantitative estimate of drug-likeness (QED) is 0.837. The Hall–Kier alpha value is -0.0800. The fourth-order valence-electron chi connectivity index (χ4n) is 4.87. The number of piperidine rings is 1. The molecule has 0 aromatic rings. The Morgan fingerprint density at radius 3 is 2.74 bits per heavy atom. The van der Waals surface area contributed by atoms with E-state index in [2.05, 4.69) is 17.1 Å². The third-order valence-corrected chi connectivity index (χ3v) is 5.88. The van der Waals surface area contributed by atoms with Gasteiger partial charge in [-0.1, -0.05) is 26.2 Å². The number of hydrogen-bond acceptors (Lipinski definition) is 2. The van der Waals surface area contributed by atoms with Crippen LogP contribution in [0, 0.1) is 11.8 Å². The lowest BCUT2D eigenvalue weighted by atomic mass is 9.87. The molecule has 1 N–H and O–H groups in total. The van der Waals surface area contributed by atoms with Crippen LogP contribution < -0.4 is 5.32 Å². The summed E-state index contributed by atoms with van der Waals surface area (Å²) in [6.45, 7) is 6.30. The Kier molecular flexibility index (Phi) is 4.81. The highest BCUT2D eigenvalue weighted by Gasteiger charge is 2.34. The van der Waals surface area contributed by atoms with Crippen molar-refractivity contribution < 1.29 is 0 Å². The van der Waals surface area contributed by atoms with E-state index < -0.39 is 0 Å². The van der Waals surface area contributed by atoms with Gasteiger partial charge in [-0.05, 0) is 56.9 Å². The van der Waals surface area contributed by atoms with Crippen LogP contribution in [0.25, 0.3) is 0 Å². The zero-order valence-electron chi connectivity index (χ0n) is 12.7. The second kappa shape index (κ2) is 6.58. The molecule has 1 saturated heterocycles. The van der Waals surface area contributed by atoms with E-state index in [4.69, 9.17) is 0 Å². The molecule has 2 nitrogen and oxygen atoms in total. The van der Waals surface area contributed by atoms with Crippen molar-refractivity contribution in [1.82, 2.24) is 10.2 Å². The molecule has 1 aliphatic heterocycles. The van der Waals surface area contributed by atoms with Crippen molar-refractivity contribution in [2.75, 3.05) is 19.6 Å². The van der Waals surface area contributed by atoms with Crippen LogP contribution in [0.3, 0.4) is 0 Å². The first-order valence-electron chi connectivity index (χ1n) is 8.80. The minimum atomic E-state index is 0.813. The van der Waals surface area contributed by atoms with Crippen molar-refractivity contribution in [2.45, 2.75) is 76.8 Å². The summed E-state index contributed by atoms with van der Waals surface area (Å²) in [5.41, 5.74) is 0. The van der Waals surface area contributed by atoms with Gasteiger partial charge in [-0.2, -0.15) is 0 Å². The lowest BCUT2D eigenvalue weighted by Gasteiger charge is -2.38. The van der Waals surface area contributed by atoms with Crippen LogP contribution in [0.2, 0.25) is 0 Å². The number of nitrogens with zero attached hydrogens (tertiary/aromatic N) is 1. The molecule has 110 valence electrons. The zero-order valence-corrected chi connectivity index (χ0v) is 12.7. The summed E-state index contributed by atoms with van der Waals surface area (Å²) in [4.78, 5) is 2.81. The molecule has 0 bridgehead atoms. The van der Waals surface area contributed by atoms with Gasteiger partial charge in [0.15, 0.2) is 0 Å². The average molecular weight is 264 g/mol. The van der Waals surface area contributed by atoms with Crippen LogP contribution in [0.15, 0.2) is 0 Å². The Morgan fingerprint density at radius 1 is 1.00 bits per heavy atom. The van der Waals surface area contributed by atoms with E-state index in [0.717, 1.165) is 23.9 Å². The van der Waals surface area contributed by atoms with Crippen molar-refractivity contribution in [3.05, 3.63) is 0 Å². The van der Waals surface area contributed by atoms with Gasteiger partial charge in [0, 0.05) is 25.2 Å². The molecule has 2 heteroatoms. The largest absolute Gasteiger partial charge is 0.313 e. The van der Waals surface area contributed by atoms with Crippen LogP contribution in [-0.2, 0) is 0 Å². The van der Waals surface area contributed by atoms with Gasteiger partial charge in [-0.3, -0.25) is 4.90 Å². The molecule has 2 aliphatic carbocycles. The van der Waals surface area contributed by atoms with Crippen LogP contribution in [0.1, 0.15) is 64.7 Å². The smallest absolute Gasteiger partial charge is 0.0124 e. The Labute approximate surface area is 119 Å². The summed E-state index contributed by atoms with van der Waals surface area (Å²) in [6, 6.07) is 1.76. The van der Waals surface area contributed by atoms with E-state index >= 15 is 0 Å². The molecule has 3 rings (SSSR count). The molecular weight excluding hydrogens is 232 g/mol. The summed E-state index contributed by atoms with van der Waals surface area (Å²) in [7, 11) is 0. The number of fused-ring (bicyclic) bond motifs is 1. The SMILES string of the molecule is CC1CCCC(NCCN2CCCC3CCCC32)C1. The number of likely N-dealkylation sites (tertiary alicyclic amines) is 1. The molecule has 0 aromatic carbocycles. The van der Waals surface area contributed by atoms with Crippen molar-refractivity contribution in [1.29, 1.82) is 0 Å². The lowest BCUT2D eigenvalue weighted by molar-refractivity contribution is 0.112. The molecule has 4 atom stereocenters. The van der Waals surface area contributed by atoms with Crippen LogP contribution in [-0.4, -0.2) is 36.6 Å². The number of nitrogens with one attached hydrogen (secondary N) is 1. The maximum Gasteiger partial charge on any atom is 0.0124 e. The molecule has 0 amide bonds. The second-order valence-corrected chi connectivity index (χ2v) is 7.36. The minimum absolute atomic E-state index is 0.813. The molecule has 0 aromatic heterocycles. The monoisotopic (exact) mass is 264 g/mol. The molecule has 3 aliphatic rings. The normalized spacial score (nSPS) is 40.3. The van der Waals surface area contributed by atoms with Gasteiger partial charge in [0.05, 0.1) is 0 Å². The van der Waals surface area contributed by atoms with E-state index in [0.29, 0.717) is 0 Å². The van der Waals surface area contributed by atoms with Crippen LogP contribution in [0.4, 0.5) is 0 Å². The van der Waals surface area contributed by atoms with Crippen LogP contribution >= 0.6 is 0 Å². The zero-order chi connectivity index (χ0) is 13.1. The number of hydrogen-bond donors (Lipinski definition) is 1. The van der Waals surface area contributed by atoms with Gasteiger partial charge < -0.3 is 5.32 Å². The maximum atomic E-state index is 3.84. The maximum absolute atomic E-state index is 3.84. The number of rotatable bonds is 4. The van der Waals surface area contributed by atoms with Crippen molar-refractivity contribution in [3.63, 3.8) is 0 Å². The molecule has 0 radical (unpaired) electrons. The van der Waals surface area contributed by atoms with Crippen LogP contribution in [0.5, 0.6) is 0 Å². The first kappa shape index (κ1) is 13.9. The van der Waals surface area contributed by atoms with Crippen molar-refractivity contribution >= 4 is 0 Å².